The van der Waals surface area contributed by atoms with E-state index in [4.69, 9.17) is 16.3 Å². The number of ether oxygens (including phenoxy) is 1. The topological polar surface area (TPSA) is 79.0 Å². The van der Waals surface area contributed by atoms with Crippen LogP contribution in [0.2, 0.25) is 5.02 Å². The summed E-state index contributed by atoms with van der Waals surface area (Å²) in [5.74, 6) is -0.392. The highest BCUT2D eigenvalue weighted by Crippen LogP contribution is 2.29. The van der Waals surface area contributed by atoms with E-state index in [0.717, 1.165) is 31.2 Å². The average molecular weight is 436 g/mol. The number of carbonyl (C=O) groups excluding carboxylic acids is 3. The summed E-state index contributed by atoms with van der Waals surface area (Å²) >= 11 is 5.93. The number of nitrogens with zero attached hydrogens (tertiary/aromatic N) is 2. The molecule has 7 nitrogen and oxygen atoms in total. The lowest BCUT2D eigenvalue weighted by molar-refractivity contribution is -0.144. The first-order chi connectivity index (χ1) is 14.5. The Balaban J connectivity index is 1.75. The molecule has 3 rings (SSSR count). The van der Waals surface area contributed by atoms with Gasteiger partial charge in [0, 0.05) is 44.4 Å². The van der Waals surface area contributed by atoms with Crippen molar-refractivity contribution in [3.05, 3.63) is 34.9 Å². The molecule has 0 radical (unpaired) electrons. The number of fused-ring (bicyclic) bond motifs is 1. The zero-order valence-corrected chi connectivity index (χ0v) is 18.2. The van der Waals surface area contributed by atoms with Crippen LogP contribution in [0.3, 0.4) is 0 Å². The monoisotopic (exact) mass is 435 g/mol. The van der Waals surface area contributed by atoms with E-state index in [0.29, 0.717) is 31.2 Å². The second kappa shape index (κ2) is 10.8. The highest BCUT2D eigenvalue weighted by molar-refractivity contribution is 6.30. The first kappa shape index (κ1) is 22.6. The minimum absolute atomic E-state index is 0.0242. The van der Waals surface area contributed by atoms with Gasteiger partial charge in [0.2, 0.25) is 17.7 Å². The van der Waals surface area contributed by atoms with Gasteiger partial charge < -0.3 is 19.9 Å². The maximum absolute atomic E-state index is 12.9. The second-order valence-corrected chi connectivity index (χ2v) is 8.39. The van der Waals surface area contributed by atoms with Crippen LogP contribution in [-0.2, 0) is 25.5 Å². The molecule has 1 saturated heterocycles. The molecular formula is C22H30ClN3O4. The molecule has 1 aromatic carbocycles. The summed E-state index contributed by atoms with van der Waals surface area (Å²) in [6, 6.07) is 7.06. The predicted molar refractivity (Wildman–Crippen MR) is 114 cm³/mol. The van der Waals surface area contributed by atoms with E-state index in [1.807, 2.05) is 12.1 Å². The first-order valence-electron chi connectivity index (χ1n) is 10.6. The fourth-order valence-electron chi connectivity index (χ4n) is 4.40. The molecule has 30 heavy (non-hydrogen) atoms. The van der Waals surface area contributed by atoms with Crippen LogP contribution in [0.15, 0.2) is 24.3 Å². The smallest absolute Gasteiger partial charge is 0.248 e. The molecule has 0 spiro atoms. The SMILES string of the molecule is COCC(=O)N1CCN(C(=O)Cc2ccc(Cl)cc2)CCNC(=O)[C@H]2CCCC[C@H]21. The molecular weight excluding hydrogens is 406 g/mol. The standard InChI is InChI=1S/C22H30ClN3O4/c1-30-15-21(28)26-13-12-25(20(27)14-16-6-8-17(23)9-7-16)11-10-24-22(29)18-4-2-3-5-19(18)26/h6-9,18-19H,2-5,10-15H2,1H3,(H,24,29)/t18-,19+/m0/s1. The van der Waals surface area contributed by atoms with Crippen LogP contribution in [-0.4, -0.2) is 73.5 Å². The third kappa shape index (κ3) is 5.73. The Labute approximate surface area is 182 Å². The zero-order chi connectivity index (χ0) is 21.5. The van der Waals surface area contributed by atoms with Crippen molar-refractivity contribution in [3.8, 4) is 0 Å². The summed E-state index contributed by atoms with van der Waals surface area (Å²) in [6.45, 7) is 1.65. The van der Waals surface area contributed by atoms with Gasteiger partial charge in [-0.15, -0.1) is 0 Å². The number of amides is 3. The van der Waals surface area contributed by atoms with Crippen molar-refractivity contribution in [1.29, 1.82) is 0 Å². The first-order valence-corrected chi connectivity index (χ1v) is 11.0. The maximum atomic E-state index is 12.9. The van der Waals surface area contributed by atoms with Crippen molar-refractivity contribution >= 4 is 29.3 Å². The second-order valence-electron chi connectivity index (χ2n) is 7.95. The number of methoxy groups -OCH3 is 1. The van der Waals surface area contributed by atoms with E-state index in [2.05, 4.69) is 5.32 Å². The van der Waals surface area contributed by atoms with Crippen LogP contribution in [0.25, 0.3) is 0 Å². The molecule has 1 heterocycles. The Hall–Kier alpha value is -2.12. The van der Waals surface area contributed by atoms with Crippen molar-refractivity contribution in [2.45, 2.75) is 38.1 Å². The van der Waals surface area contributed by atoms with E-state index in [1.54, 1.807) is 21.9 Å². The molecule has 2 atom stereocenters. The summed E-state index contributed by atoms with van der Waals surface area (Å²) in [5.41, 5.74) is 0.880. The molecule has 1 N–H and O–H groups in total. The van der Waals surface area contributed by atoms with E-state index in [1.165, 1.54) is 7.11 Å². The summed E-state index contributed by atoms with van der Waals surface area (Å²) in [5, 5.41) is 3.61. The largest absolute Gasteiger partial charge is 0.375 e. The number of nitrogens with one attached hydrogen (secondary N) is 1. The van der Waals surface area contributed by atoms with Crippen LogP contribution in [0.4, 0.5) is 0 Å². The van der Waals surface area contributed by atoms with Gasteiger partial charge in [-0.1, -0.05) is 36.6 Å². The van der Waals surface area contributed by atoms with Gasteiger partial charge in [0.15, 0.2) is 0 Å². The summed E-state index contributed by atoms with van der Waals surface area (Å²) in [6.07, 6.45) is 3.82. The van der Waals surface area contributed by atoms with Crippen LogP contribution < -0.4 is 5.32 Å². The fourth-order valence-corrected chi connectivity index (χ4v) is 4.52. The summed E-state index contributed by atoms with van der Waals surface area (Å²) < 4.78 is 5.07. The molecule has 1 aromatic rings. The molecule has 0 unspecified atom stereocenters. The fraction of sp³-hybridized carbons (Fsp3) is 0.591. The van der Waals surface area contributed by atoms with Crippen LogP contribution >= 0.6 is 11.6 Å². The molecule has 8 heteroatoms. The summed E-state index contributed by atoms with van der Waals surface area (Å²) in [7, 11) is 1.49. The average Bonchev–Trinajstić information content (AvgIpc) is 2.74. The number of hydrogen-bond acceptors (Lipinski definition) is 4. The molecule has 1 saturated carbocycles. The molecule has 2 aliphatic rings. The number of rotatable bonds is 4. The lowest BCUT2D eigenvalue weighted by Gasteiger charge is -2.41. The van der Waals surface area contributed by atoms with Gasteiger partial charge >= 0.3 is 0 Å². The lowest BCUT2D eigenvalue weighted by Crippen LogP contribution is -2.56. The van der Waals surface area contributed by atoms with Gasteiger partial charge in [0.05, 0.1) is 12.3 Å². The van der Waals surface area contributed by atoms with Crippen molar-refractivity contribution in [2.24, 2.45) is 5.92 Å². The van der Waals surface area contributed by atoms with Gasteiger partial charge in [0.25, 0.3) is 0 Å². The summed E-state index contributed by atoms with van der Waals surface area (Å²) in [4.78, 5) is 42.0. The molecule has 2 fully saturated rings. The van der Waals surface area contributed by atoms with Crippen LogP contribution in [0, 0.1) is 5.92 Å². The van der Waals surface area contributed by atoms with E-state index >= 15 is 0 Å². The normalized spacial score (nSPS) is 22.8. The minimum atomic E-state index is -0.198. The van der Waals surface area contributed by atoms with Gasteiger partial charge in [-0.2, -0.15) is 0 Å². The van der Waals surface area contributed by atoms with Gasteiger partial charge in [0.1, 0.15) is 6.61 Å². The zero-order valence-electron chi connectivity index (χ0n) is 17.4. The lowest BCUT2D eigenvalue weighted by atomic mass is 9.82. The number of benzene rings is 1. The van der Waals surface area contributed by atoms with E-state index in [9.17, 15) is 14.4 Å². The quantitative estimate of drug-likeness (QED) is 0.783. The Kier molecular flexibility index (Phi) is 8.10. The van der Waals surface area contributed by atoms with Crippen molar-refractivity contribution in [1.82, 2.24) is 15.1 Å². The molecule has 1 aliphatic carbocycles. The van der Waals surface area contributed by atoms with Crippen LogP contribution in [0.1, 0.15) is 31.2 Å². The minimum Gasteiger partial charge on any atom is -0.375 e. The van der Waals surface area contributed by atoms with Crippen molar-refractivity contribution < 1.29 is 19.1 Å². The predicted octanol–water partition coefficient (Wildman–Crippen LogP) is 1.87. The molecule has 164 valence electrons. The Morgan fingerprint density at radius 3 is 2.57 bits per heavy atom. The van der Waals surface area contributed by atoms with Crippen molar-refractivity contribution in [2.75, 3.05) is 39.9 Å². The third-order valence-electron chi connectivity index (χ3n) is 5.97. The number of halogens is 1. The Morgan fingerprint density at radius 1 is 1.10 bits per heavy atom. The van der Waals surface area contributed by atoms with Gasteiger partial charge in [-0.3, -0.25) is 14.4 Å². The van der Waals surface area contributed by atoms with Crippen LogP contribution in [0.5, 0.6) is 0 Å². The van der Waals surface area contributed by atoms with Gasteiger partial charge in [-0.05, 0) is 30.5 Å². The molecule has 0 bridgehead atoms. The number of hydrogen-bond donors (Lipinski definition) is 1. The number of carbonyl (C=O) groups is 3. The van der Waals surface area contributed by atoms with Crippen molar-refractivity contribution in [3.63, 3.8) is 0 Å². The van der Waals surface area contributed by atoms with E-state index in [-0.39, 0.29) is 42.7 Å². The highest BCUT2D eigenvalue weighted by atomic mass is 35.5. The van der Waals surface area contributed by atoms with Gasteiger partial charge in [-0.25, -0.2) is 0 Å². The Morgan fingerprint density at radius 2 is 1.83 bits per heavy atom. The molecule has 0 aromatic heterocycles. The third-order valence-corrected chi connectivity index (χ3v) is 6.22. The molecule has 3 amide bonds. The highest BCUT2D eigenvalue weighted by Gasteiger charge is 2.37. The van der Waals surface area contributed by atoms with E-state index < -0.39 is 0 Å². The maximum Gasteiger partial charge on any atom is 0.248 e. The Bertz CT molecular complexity index is 755. The molecule has 1 aliphatic heterocycles.